The lowest BCUT2D eigenvalue weighted by atomic mass is 10.1. The zero-order valence-corrected chi connectivity index (χ0v) is 8.32. The van der Waals surface area contributed by atoms with Gasteiger partial charge in [0.2, 0.25) is 4.87 Å². The Kier molecular flexibility index (Phi) is 2.25. The largest absolute Gasteiger partial charge is 0.371 e. The molecule has 1 unspecified atom stereocenters. The van der Waals surface area contributed by atoms with E-state index >= 15 is 0 Å². The summed E-state index contributed by atoms with van der Waals surface area (Å²) in [5, 5.41) is 8.27. The van der Waals surface area contributed by atoms with Crippen molar-refractivity contribution in [3.05, 3.63) is 35.4 Å². The van der Waals surface area contributed by atoms with E-state index in [1.54, 1.807) is 24.3 Å². The van der Waals surface area contributed by atoms with E-state index in [0.717, 1.165) is 0 Å². The normalized spacial score (nSPS) is 23.7. The number of rotatable bonds is 1. The van der Waals surface area contributed by atoms with Crippen LogP contribution in [0.15, 0.2) is 24.3 Å². The molecule has 15 heavy (non-hydrogen) atoms. The van der Waals surface area contributed by atoms with Crippen molar-refractivity contribution in [1.29, 1.82) is 0 Å². The quantitative estimate of drug-likeness (QED) is 0.340. The molecule has 1 aliphatic carbocycles. The molecular formula is C10H7ClO4. The van der Waals surface area contributed by atoms with Gasteiger partial charge in [-0.2, -0.15) is 5.26 Å². The van der Waals surface area contributed by atoms with Crippen LogP contribution in [0.1, 0.15) is 15.9 Å². The van der Waals surface area contributed by atoms with Crippen molar-refractivity contribution in [2.24, 2.45) is 0 Å². The molecule has 4 nitrogen and oxygen atoms in total. The Hall–Kier alpha value is -1.39. The number of Topliss-reactive ketones (excluding diaryl/α,β-unsaturated/α-hetero) is 1. The molecule has 0 spiro atoms. The Bertz CT molecular complexity index is 443. The van der Waals surface area contributed by atoms with Crippen LogP contribution in [0.3, 0.4) is 0 Å². The summed E-state index contributed by atoms with van der Waals surface area (Å²) in [6.07, 6.45) is 0.0446. The molecule has 1 aliphatic rings. The van der Waals surface area contributed by atoms with E-state index in [1.807, 2.05) is 0 Å². The molecule has 1 N–H and O–H groups in total. The van der Waals surface area contributed by atoms with Gasteiger partial charge >= 0.3 is 5.97 Å². The monoisotopic (exact) mass is 226 g/mol. The molecule has 0 aliphatic heterocycles. The lowest BCUT2D eigenvalue weighted by Gasteiger charge is -2.13. The van der Waals surface area contributed by atoms with Crippen molar-refractivity contribution < 1.29 is 19.7 Å². The van der Waals surface area contributed by atoms with Crippen LogP contribution in [-0.4, -0.2) is 21.9 Å². The molecule has 1 atom stereocenters. The Morgan fingerprint density at radius 2 is 2.13 bits per heavy atom. The first-order valence-electron chi connectivity index (χ1n) is 4.27. The zero-order chi connectivity index (χ0) is 11.1. The van der Waals surface area contributed by atoms with E-state index in [-0.39, 0.29) is 6.42 Å². The van der Waals surface area contributed by atoms with Crippen LogP contribution in [0.25, 0.3) is 0 Å². The van der Waals surface area contributed by atoms with Crippen LogP contribution >= 0.6 is 11.6 Å². The van der Waals surface area contributed by atoms with Gasteiger partial charge in [-0.25, -0.2) is 4.79 Å². The second kappa shape index (κ2) is 3.32. The predicted molar refractivity (Wildman–Crippen MR) is 51.8 cm³/mol. The third kappa shape index (κ3) is 1.33. The fourth-order valence-corrected chi connectivity index (χ4v) is 1.97. The summed E-state index contributed by atoms with van der Waals surface area (Å²) in [6, 6.07) is 6.73. The van der Waals surface area contributed by atoms with Crippen LogP contribution in [0.5, 0.6) is 0 Å². The molecule has 2 rings (SSSR count). The number of hydrogen-bond donors (Lipinski definition) is 1. The number of carbonyl (C=O) groups is 2. The number of halogens is 1. The van der Waals surface area contributed by atoms with Gasteiger partial charge in [0.25, 0.3) is 0 Å². The molecule has 0 radical (unpaired) electrons. The molecule has 0 fully saturated rings. The maximum absolute atomic E-state index is 11.8. The summed E-state index contributed by atoms with van der Waals surface area (Å²) in [5.41, 5.74) is 1.08. The first-order chi connectivity index (χ1) is 7.09. The smallest absolute Gasteiger partial charge is 0.298 e. The third-order valence-corrected chi connectivity index (χ3v) is 2.92. The minimum absolute atomic E-state index is 0.0446. The molecule has 78 valence electrons. The summed E-state index contributed by atoms with van der Waals surface area (Å²) in [4.78, 5) is 24.7. The third-order valence-electron chi connectivity index (χ3n) is 2.46. The van der Waals surface area contributed by atoms with E-state index < -0.39 is 16.6 Å². The van der Waals surface area contributed by atoms with Crippen molar-refractivity contribution in [3.8, 4) is 0 Å². The van der Waals surface area contributed by atoms with Crippen LogP contribution in [0, 0.1) is 0 Å². The first-order valence-corrected chi connectivity index (χ1v) is 4.65. The van der Waals surface area contributed by atoms with Crippen LogP contribution < -0.4 is 0 Å². The van der Waals surface area contributed by atoms with Crippen molar-refractivity contribution in [2.45, 2.75) is 11.3 Å². The number of benzene rings is 1. The van der Waals surface area contributed by atoms with Crippen molar-refractivity contribution in [3.63, 3.8) is 0 Å². The highest BCUT2D eigenvalue weighted by Crippen LogP contribution is 2.35. The summed E-state index contributed by atoms with van der Waals surface area (Å²) in [6.45, 7) is 0. The van der Waals surface area contributed by atoms with Crippen molar-refractivity contribution in [2.75, 3.05) is 0 Å². The Labute approximate surface area is 90.3 Å². The number of fused-ring (bicyclic) bond motifs is 1. The predicted octanol–water partition coefficient (Wildman–Crippen LogP) is 1.42. The summed E-state index contributed by atoms with van der Waals surface area (Å²) in [7, 11) is 0. The van der Waals surface area contributed by atoms with Gasteiger partial charge in [0.05, 0.1) is 0 Å². The zero-order valence-electron chi connectivity index (χ0n) is 7.57. The fraction of sp³-hybridized carbons (Fsp3) is 0.200. The van der Waals surface area contributed by atoms with Crippen LogP contribution in [-0.2, 0) is 16.1 Å². The van der Waals surface area contributed by atoms with Gasteiger partial charge in [0, 0.05) is 12.0 Å². The van der Waals surface area contributed by atoms with Gasteiger partial charge in [-0.3, -0.25) is 9.68 Å². The molecule has 1 aromatic rings. The second-order valence-electron chi connectivity index (χ2n) is 3.34. The highest BCUT2D eigenvalue weighted by molar-refractivity contribution is 6.49. The highest BCUT2D eigenvalue weighted by atomic mass is 35.5. The van der Waals surface area contributed by atoms with E-state index in [2.05, 4.69) is 4.89 Å². The van der Waals surface area contributed by atoms with Gasteiger partial charge in [0.1, 0.15) is 0 Å². The molecular weight excluding hydrogens is 220 g/mol. The lowest BCUT2D eigenvalue weighted by molar-refractivity contribution is -0.235. The number of carbonyl (C=O) groups excluding carboxylic acids is 2. The minimum atomic E-state index is -1.81. The molecule has 0 saturated carbocycles. The van der Waals surface area contributed by atoms with Crippen molar-refractivity contribution in [1.82, 2.24) is 0 Å². The van der Waals surface area contributed by atoms with Gasteiger partial charge < -0.3 is 0 Å². The van der Waals surface area contributed by atoms with Crippen molar-refractivity contribution >= 4 is 23.4 Å². The maximum Gasteiger partial charge on any atom is 0.371 e. The number of hydrogen-bond acceptors (Lipinski definition) is 4. The molecule has 1 aromatic carbocycles. The van der Waals surface area contributed by atoms with E-state index in [9.17, 15) is 9.59 Å². The van der Waals surface area contributed by atoms with E-state index in [4.69, 9.17) is 16.9 Å². The number of alkyl halides is 1. The Morgan fingerprint density at radius 1 is 1.47 bits per heavy atom. The minimum Gasteiger partial charge on any atom is -0.298 e. The standard InChI is InChI=1S/C10H7ClO4/c11-10(9(13)15-14)5-6-3-1-2-4-7(6)8(10)12/h1-4,14H,5H2. The summed E-state index contributed by atoms with van der Waals surface area (Å²) < 4.78 is 0. The van der Waals surface area contributed by atoms with Crippen LogP contribution in [0.4, 0.5) is 0 Å². The van der Waals surface area contributed by atoms with E-state index in [0.29, 0.717) is 11.1 Å². The Morgan fingerprint density at radius 3 is 2.73 bits per heavy atom. The maximum atomic E-state index is 11.8. The molecule has 5 heteroatoms. The van der Waals surface area contributed by atoms with Crippen LogP contribution in [0.2, 0.25) is 0 Å². The topological polar surface area (TPSA) is 63.6 Å². The average molecular weight is 227 g/mol. The SMILES string of the molecule is O=C(OO)C1(Cl)Cc2ccccc2C1=O. The molecule has 0 aromatic heterocycles. The summed E-state index contributed by atoms with van der Waals surface area (Å²) >= 11 is 5.85. The molecule has 0 saturated heterocycles. The lowest BCUT2D eigenvalue weighted by Crippen LogP contribution is -2.39. The van der Waals surface area contributed by atoms with E-state index in [1.165, 1.54) is 0 Å². The van der Waals surface area contributed by atoms with Gasteiger partial charge in [0.15, 0.2) is 5.78 Å². The highest BCUT2D eigenvalue weighted by Gasteiger charge is 2.51. The van der Waals surface area contributed by atoms with Gasteiger partial charge in [-0.05, 0) is 5.56 Å². The van der Waals surface area contributed by atoms with Gasteiger partial charge in [-0.1, -0.05) is 35.9 Å². The number of ketones is 1. The first kappa shape index (κ1) is 10.1. The summed E-state index contributed by atoms with van der Waals surface area (Å²) in [5.74, 6) is -1.66. The average Bonchev–Trinajstić information content (AvgIpc) is 2.52. The Balaban J connectivity index is 2.47. The fourth-order valence-electron chi connectivity index (χ4n) is 1.69. The molecule has 0 bridgehead atoms. The molecule has 0 heterocycles. The molecule has 0 amide bonds. The second-order valence-corrected chi connectivity index (χ2v) is 3.99. The van der Waals surface area contributed by atoms with Gasteiger partial charge in [-0.15, -0.1) is 0 Å².